The van der Waals surface area contributed by atoms with Crippen LogP contribution in [0.3, 0.4) is 0 Å². The summed E-state index contributed by atoms with van der Waals surface area (Å²) >= 11 is 2.00. The van der Waals surface area contributed by atoms with Crippen molar-refractivity contribution in [1.82, 2.24) is 15.3 Å². The number of para-hydroxylation sites is 1. The Balaban J connectivity index is 1.32. The Hall–Kier alpha value is -4.06. The summed E-state index contributed by atoms with van der Waals surface area (Å²) in [5, 5.41) is 0.760. The smallest absolute Gasteiger partial charge is 0.324 e. The number of pyridine rings is 1. The van der Waals surface area contributed by atoms with Crippen LogP contribution in [0.4, 0.5) is 0 Å². The highest BCUT2D eigenvalue weighted by atomic mass is 32.2. The van der Waals surface area contributed by atoms with Gasteiger partial charge in [-0.05, 0) is 54.3 Å². The number of fused-ring (bicyclic) bond motifs is 1. The zero-order chi connectivity index (χ0) is 27.7. The lowest BCUT2D eigenvalue weighted by atomic mass is 10.0. The third-order valence-electron chi connectivity index (χ3n) is 6.76. The highest BCUT2D eigenvalue weighted by molar-refractivity contribution is 7.99. The van der Waals surface area contributed by atoms with Crippen LogP contribution in [-0.4, -0.2) is 54.1 Å². The van der Waals surface area contributed by atoms with Crippen molar-refractivity contribution in [1.29, 1.82) is 0 Å². The molecule has 0 saturated carbocycles. The Bertz CT molecular complexity index is 1560. The van der Waals surface area contributed by atoms with E-state index in [4.69, 9.17) is 14.5 Å². The lowest BCUT2D eigenvalue weighted by Crippen LogP contribution is -2.32. The molecular formula is C32H33N4O3S+. The maximum atomic E-state index is 13.3. The zero-order valence-corrected chi connectivity index (χ0v) is 23.7. The van der Waals surface area contributed by atoms with Crippen molar-refractivity contribution < 1.29 is 14.3 Å². The van der Waals surface area contributed by atoms with Crippen LogP contribution in [0, 0.1) is 6.07 Å². The molecule has 3 aromatic carbocycles. The molecule has 1 saturated heterocycles. The normalized spacial score (nSPS) is 13.3. The Morgan fingerprint density at radius 3 is 2.75 bits per heavy atom. The average Bonchev–Trinajstić information content (AvgIpc) is 2.99. The predicted molar refractivity (Wildman–Crippen MR) is 162 cm³/mol. The number of hydrogen-bond acceptors (Lipinski definition) is 6. The van der Waals surface area contributed by atoms with Crippen molar-refractivity contribution in [3.63, 3.8) is 0 Å². The van der Waals surface area contributed by atoms with Crippen molar-refractivity contribution in [2.75, 3.05) is 38.3 Å². The first-order valence-corrected chi connectivity index (χ1v) is 14.6. The second-order valence-corrected chi connectivity index (χ2v) is 10.7. The van der Waals surface area contributed by atoms with Crippen LogP contribution in [0.5, 0.6) is 11.5 Å². The number of benzene rings is 3. The minimum Gasteiger partial charge on any atom is -0.496 e. The lowest BCUT2D eigenvalue weighted by Gasteiger charge is -2.26. The summed E-state index contributed by atoms with van der Waals surface area (Å²) < 4.78 is 11.3. The van der Waals surface area contributed by atoms with Crippen molar-refractivity contribution >= 4 is 28.6 Å². The molecule has 5 rings (SSSR count). The third kappa shape index (κ3) is 6.74. The predicted octanol–water partition coefficient (Wildman–Crippen LogP) is 6.08. The van der Waals surface area contributed by atoms with Crippen LogP contribution in [0.1, 0.15) is 28.4 Å². The maximum absolute atomic E-state index is 13.3. The van der Waals surface area contributed by atoms with E-state index in [1.54, 1.807) is 13.2 Å². The van der Waals surface area contributed by atoms with Gasteiger partial charge in [-0.1, -0.05) is 36.4 Å². The van der Waals surface area contributed by atoms with E-state index in [2.05, 4.69) is 27.4 Å². The van der Waals surface area contributed by atoms with E-state index >= 15 is 0 Å². The summed E-state index contributed by atoms with van der Waals surface area (Å²) in [6, 6.07) is 26.3. The van der Waals surface area contributed by atoms with E-state index in [9.17, 15) is 4.79 Å². The number of hydrogen-bond donors (Lipinski definition) is 1. The zero-order valence-electron chi connectivity index (χ0n) is 22.9. The van der Waals surface area contributed by atoms with Gasteiger partial charge in [0.05, 0.1) is 35.4 Å². The van der Waals surface area contributed by atoms with Crippen molar-refractivity contribution in [2.24, 2.45) is 0 Å². The van der Waals surface area contributed by atoms with Gasteiger partial charge in [0.15, 0.2) is 0 Å². The van der Waals surface area contributed by atoms with Gasteiger partial charge in [-0.3, -0.25) is 9.69 Å². The van der Waals surface area contributed by atoms with Crippen LogP contribution >= 0.6 is 11.8 Å². The van der Waals surface area contributed by atoms with Crippen LogP contribution in [0.2, 0.25) is 0 Å². The van der Waals surface area contributed by atoms with Gasteiger partial charge in [-0.15, -0.1) is 0 Å². The van der Waals surface area contributed by atoms with E-state index < -0.39 is 0 Å². The summed E-state index contributed by atoms with van der Waals surface area (Å²) in [5.41, 5.74) is 7.68. The summed E-state index contributed by atoms with van der Waals surface area (Å²) in [6.45, 7) is 5.55. The Kier molecular flexibility index (Phi) is 9.17. The molecule has 7 nitrogen and oxygen atoms in total. The number of rotatable bonds is 8. The Labute approximate surface area is 239 Å². The van der Waals surface area contributed by atoms with E-state index in [1.165, 1.54) is 0 Å². The number of nitrogens with one attached hydrogen (secondary N) is 1. The molecule has 0 radical (unpaired) electrons. The van der Waals surface area contributed by atoms with E-state index in [0.29, 0.717) is 24.3 Å². The van der Waals surface area contributed by atoms with Crippen molar-refractivity contribution in [3.05, 3.63) is 94.4 Å². The molecule has 0 atom stereocenters. The first kappa shape index (κ1) is 27.5. The summed E-state index contributed by atoms with van der Waals surface area (Å²) in [5.74, 6) is 3.66. The first-order valence-electron chi connectivity index (χ1n) is 13.5. The number of carbonyl (C=O) groups excluding carboxylic acids is 1. The number of nitrogens with zero attached hydrogens (tertiary/aromatic N) is 3. The quantitative estimate of drug-likeness (QED) is 0.267. The molecule has 8 heteroatoms. The molecule has 40 heavy (non-hydrogen) atoms. The van der Waals surface area contributed by atoms with Crippen molar-refractivity contribution in [3.8, 4) is 28.8 Å². The largest absolute Gasteiger partial charge is 0.496 e. The number of thioether (sulfide) groups is 1. The minimum atomic E-state index is -0.313. The second kappa shape index (κ2) is 13.3. The van der Waals surface area contributed by atoms with E-state index in [-0.39, 0.29) is 5.91 Å². The van der Waals surface area contributed by atoms with Gasteiger partial charge in [0, 0.05) is 47.7 Å². The molecule has 1 fully saturated rings. The van der Waals surface area contributed by atoms with Gasteiger partial charge in [-0.2, -0.15) is 11.8 Å². The second-order valence-electron chi connectivity index (χ2n) is 9.46. The fourth-order valence-corrected chi connectivity index (χ4v) is 5.75. The number of amides is 1. The van der Waals surface area contributed by atoms with Gasteiger partial charge in [0.25, 0.3) is 0 Å². The fraction of sp³-hybridized carbons (Fsp3) is 0.281. The van der Waals surface area contributed by atoms with E-state index in [1.807, 2.05) is 79.3 Å². The lowest BCUT2D eigenvalue weighted by molar-refractivity contribution is 0.0971. The monoisotopic (exact) mass is 553 g/mol. The molecule has 0 unspecified atom stereocenters. The number of ether oxygens (including phenoxy) is 2. The van der Waals surface area contributed by atoms with Crippen molar-refractivity contribution in [2.45, 2.75) is 19.9 Å². The first-order chi connectivity index (χ1) is 19.6. The maximum Gasteiger partial charge on any atom is 0.324 e. The molecule has 1 amide bonds. The van der Waals surface area contributed by atoms with Gasteiger partial charge >= 0.3 is 12.0 Å². The van der Waals surface area contributed by atoms with Crippen LogP contribution in [0.25, 0.3) is 27.1 Å². The molecular weight excluding hydrogens is 520 g/mol. The minimum absolute atomic E-state index is 0.313. The van der Waals surface area contributed by atoms with Gasteiger partial charge in [0.1, 0.15) is 17.9 Å². The van der Waals surface area contributed by atoms with E-state index in [0.717, 1.165) is 70.2 Å². The van der Waals surface area contributed by atoms with Crippen LogP contribution in [0.15, 0.2) is 72.8 Å². The highest BCUT2D eigenvalue weighted by Crippen LogP contribution is 2.28. The van der Waals surface area contributed by atoms with Crippen LogP contribution < -0.4 is 14.9 Å². The van der Waals surface area contributed by atoms with Gasteiger partial charge in [0.2, 0.25) is 0 Å². The third-order valence-corrected chi connectivity index (χ3v) is 7.71. The molecule has 1 N–H and O–H groups in total. The average molecular weight is 554 g/mol. The molecule has 1 aliphatic rings. The SMILES string of the molecule is CCOc1cccc(-c2cc(C(=O)N[N+]#CCc3ccc(OC)c(CN4CCSCC4)c3)c3ccccc3n2)c1. The molecule has 2 heterocycles. The topological polar surface area (TPSA) is 68.1 Å². The van der Waals surface area contributed by atoms with Gasteiger partial charge in [-0.25, -0.2) is 4.98 Å². The summed E-state index contributed by atoms with van der Waals surface area (Å²) in [4.78, 5) is 24.7. The summed E-state index contributed by atoms with van der Waals surface area (Å²) in [6.07, 6.45) is 0.472. The molecule has 4 aromatic rings. The van der Waals surface area contributed by atoms with Crippen LogP contribution in [-0.2, 0) is 13.0 Å². The number of methoxy groups -OCH3 is 1. The molecule has 1 aliphatic heterocycles. The number of aromatic nitrogens is 1. The molecule has 0 bridgehead atoms. The molecule has 0 spiro atoms. The Morgan fingerprint density at radius 2 is 1.93 bits per heavy atom. The fourth-order valence-electron chi connectivity index (χ4n) is 4.77. The number of carbonyl (C=O) groups is 1. The summed E-state index contributed by atoms with van der Waals surface area (Å²) in [7, 11) is 1.71. The Morgan fingerprint density at radius 1 is 1.07 bits per heavy atom. The highest BCUT2D eigenvalue weighted by Gasteiger charge is 2.17. The molecule has 1 aromatic heterocycles. The molecule has 204 valence electrons. The standard InChI is InChI=1S/C32H32N4O3S/c1-3-39-26-8-6-7-24(20-26)30-21-28(27-9-4-5-10-29(27)34-30)32(37)35-33-14-13-23-11-12-31(38-2)25(19-23)22-36-15-17-40-18-16-36/h4-12,19-21H,3,13,15-18,22H2,1-2H3/p+1. The van der Waals surface area contributed by atoms with Gasteiger partial charge < -0.3 is 9.47 Å². The molecule has 0 aliphatic carbocycles.